The third kappa shape index (κ3) is 5.70. The van der Waals surface area contributed by atoms with Crippen LogP contribution in [0.25, 0.3) is 0 Å². The lowest BCUT2D eigenvalue weighted by Gasteiger charge is -2.17. The Morgan fingerprint density at radius 1 is 0.962 bits per heavy atom. The van der Waals surface area contributed by atoms with Crippen LogP contribution in [0.5, 0.6) is 5.75 Å². The quantitative estimate of drug-likeness (QED) is 0.412. The van der Waals surface area contributed by atoms with Gasteiger partial charge >= 0.3 is 0 Å². The van der Waals surface area contributed by atoms with Crippen LogP contribution in [-0.4, -0.2) is 36.9 Å². The molecular formula is C23H31NO2. The van der Waals surface area contributed by atoms with Crippen molar-refractivity contribution in [2.45, 2.75) is 39.5 Å². The minimum atomic E-state index is -0.0861. The van der Waals surface area contributed by atoms with Gasteiger partial charge in [0.25, 0.3) is 0 Å². The molecule has 0 aliphatic heterocycles. The molecule has 0 heterocycles. The molecule has 0 radical (unpaired) electrons. The first-order chi connectivity index (χ1) is 12.7. The minimum absolute atomic E-state index is 0.0861. The van der Waals surface area contributed by atoms with Crippen LogP contribution in [0.2, 0.25) is 0 Å². The van der Waals surface area contributed by atoms with Crippen molar-refractivity contribution >= 4 is 5.78 Å². The molecule has 0 spiro atoms. The van der Waals surface area contributed by atoms with Gasteiger partial charge in [-0.2, -0.15) is 0 Å². The van der Waals surface area contributed by atoms with Gasteiger partial charge in [0.05, 0.1) is 6.61 Å². The standard InChI is InChI=1S/C23H31NO2/c1-4-22(19-11-8-7-9-12-19)23(25)20-13-15-21(16-14-20)26-18-10-17-24(5-2)6-3/h7-9,11-16,22H,4-6,10,17-18H2,1-3H3. The number of rotatable bonds is 11. The molecule has 0 aromatic heterocycles. The van der Waals surface area contributed by atoms with Gasteiger partial charge in [0, 0.05) is 18.0 Å². The Labute approximate surface area is 158 Å². The Hall–Kier alpha value is -2.13. The molecule has 0 aliphatic carbocycles. The van der Waals surface area contributed by atoms with Crippen LogP contribution in [-0.2, 0) is 0 Å². The molecular weight excluding hydrogens is 322 g/mol. The van der Waals surface area contributed by atoms with Crippen molar-refractivity contribution in [3.8, 4) is 5.75 Å². The van der Waals surface area contributed by atoms with E-state index in [1.165, 1.54) is 0 Å². The van der Waals surface area contributed by atoms with Crippen molar-refractivity contribution in [1.29, 1.82) is 0 Å². The number of nitrogens with zero attached hydrogens (tertiary/aromatic N) is 1. The Morgan fingerprint density at radius 2 is 1.62 bits per heavy atom. The molecule has 0 fully saturated rings. The third-order valence-electron chi connectivity index (χ3n) is 4.85. The second kappa shape index (κ2) is 10.8. The van der Waals surface area contributed by atoms with Crippen LogP contribution >= 0.6 is 0 Å². The molecule has 2 aromatic carbocycles. The van der Waals surface area contributed by atoms with Gasteiger partial charge in [-0.05, 0) is 55.8 Å². The molecule has 0 N–H and O–H groups in total. The van der Waals surface area contributed by atoms with E-state index >= 15 is 0 Å². The van der Waals surface area contributed by atoms with E-state index in [2.05, 4.69) is 25.7 Å². The highest BCUT2D eigenvalue weighted by Gasteiger charge is 2.19. The van der Waals surface area contributed by atoms with E-state index in [0.717, 1.165) is 49.4 Å². The summed E-state index contributed by atoms with van der Waals surface area (Å²) in [6.07, 6.45) is 1.81. The van der Waals surface area contributed by atoms with E-state index in [1.807, 2.05) is 54.6 Å². The summed E-state index contributed by atoms with van der Waals surface area (Å²) >= 11 is 0. The number of carbonyl (C=O) groups is 1. The van der Waals surface area contributed by atoms with Gasteiger partial charge in [0.2, 0.25) is 0 Å². The van der Waals surface area contributed by atoms with Crippen molar-refractivity contribution in [2.24, 2.45) is 0 Å². The van der Waals surface area contributed by atoms with Gasteiger partial charge in [0.1, 0.15) is 5.75 Å². The molecule has 1 atom stereocenters. The fourth-order valence-electron chi connectivity index (χ4n) is 3.19. The van der Waals surface area contributed by atoms with Crippen LogP contribution < -0.4 is 4.74 Å². The molecule has 1 unspecified atom stereocenters. The monoisotopic (exact) mass is 353 g/mol. The first-order valence-electron chi connectivity index (χ1n) is 9.73. The Bertz CT molecular complexity index is 648. The van der Waals surface area contributed by atoms with Crippen LogP contribution in [0.1, 0.15) is 55.5 Å². The topological polar surface area (TPSA) is 29.5 Å². The van der Waals surface area contributed by atoms with Gasteiger partial charge < -0.3 is 9.64 Å². The van der Waals surface area contributed by atoms with Crippen LogP contribution in [0.15, 0.2) is 54.6 Å². The van der Waals surface area contributed by atoms with Gasteiger partial charge in [-0.25, -0.2) is 0 Å². The van der Waals surface area contributed by atoms with Crippen molar-refractivity contribution in [3.05, 3.63) is 65.7 Å². The number of benzene rings is 2. The fraction of sp³-hybridized carbons (Fsp3) is 0.435. The molecule has 140 valence electrons. The molecule has 0 aliphatic rings. The summed E-state index contributed by atoms with van der Waals surface area (Å²) in [5.74, 6) is 0.915. The normalized spacial score (nSPS) is 12.2. The summed E-state index contributed by atoms with van der Waals surface area (Å²) in [5, 5.41) is 0. The maximum absolute atomic E-state index is 12.8. The highest BCUT2D eigenvalue weighted by Crippen LogP contribution is 2.25. The van der Waals surface area contributed by atoms with Gasteiger partial charge in [-0.3, -0.25) is 4.79 Å². The van der Waals surface area contributed by atoms with E-state index in [1.54, 1.807) is 0 Å². The van der Waals surface area contributed by atoms with Crippen LogP contribution in [0.3, 0.4) is 0 Å². The van der Waals surface area contributed by atoms with Gasteiger partial charge in [-0.1, -0.05) is 51.1 Å². The molecule has 0 amide bonds. The van der Waals surface area contributed by atoms with E-state index in [-0.39, 0.29) is 11.7 Å². The van der Waals surface area contributed by atoms with Crippen molar-refractivity contribution < 1.29 is 9.53 Å². The zero-order chi connectivity index (χ0) is 18.8. The summed E-state index contributed by atoms with van der Waals surface area (Å²) < 4.78 is 5.81. The Balaban J connectivity index is 1.91. The number of ether oxygens (including phenoxy) is 1. The Morgan fingerprint density at radius 3 is 2.19 bits per heavy atom. The largest absolute Gasteiger partial charge is 0.494 e. The van der Waals surface area contributed by atoms with Crippen molar-refractivity contribution in [3.63, 3.8) is 0 Å². The molecule has 3 heteroatoms. The molecule has 2 rings (SSSR count). The number of hydrogen-bond donors (Lipinski definition) is 0. The third-order valence-corrected chi connectivity index (χ3v) is 4.85. The average molecular weight is 354 g/mol. The maximum Gasteiger partial charge on any atom is 0.170 e. The first kappa shape index (κ1) is 20.2. The highest BCUT2D eigenvalue weighted by molar-refractivity contribution is 6.01. The number of ketones is 1. The lowest BCUT2D eigenvalue weighted by Crippen LogP contribution is -2.25. The summed E-state index contributed by atoms with van der Waals surface area (Å²) in [5.41, 5.74) is 1.83. The van der Waals surface area contributed by atoms with Crippen molar-refractivity contribution in [1.82, 2.24) is 4.90 Å². The van der Waals surface area contributed by atoms with Gasteiger partial charge in [0.15, 0.2) is 5.78 Å². The summed E-state index contributed by atoms with van der Waals surface area (Å²) in [7, 11) is 0. The predicted molar refractivity (Wildman–Crippen MR) is 108 cm³/mol. The minimum Gasteiger partial charge on any atom is -0.494 e. The lowest BCUT2D eigenvalue weighted by molar-refractivity contribution is 0.0957. The second-order valence-electron chi connectivity index (χ2n) is 6.49. The molecule has 2 aromatic rings. The average Bonchev–Trinajstić information content (AvgIpc) is 2.70. The molecule has 0 saturated carbocycles. The number of Topliss-reactive ketones (excluding diaryl/α,β-unsaturated/α-hetero) is 1. The predicted octanol–water partition coefficient (Wildman–Crippen LogP) is 5.17. The van der Waals surface area contributed by atoms with Crippen molar-refractivity contribution in [2.75, 3.05) is 26.2 Å². The summed E-state index contributed by atoms with van der Waals surface area (Å²) in [4.78, 5) is 15.2. The van der Waals surface area contributed by atoms with E-state index in [9.17, 15) is 4.79 Å². The lowest BCUT2D eigenvalue weighted by atomic mass is 9.89. The van der Waals surface area contributed by atoms with E-state index in [0.29, 0.717) is 6.61 Å². The molecule has 26 heavy (non-hydrogen) atoms. The Kier molecular flexibility index (Phi) is 8.36. The molecule has 0 bridgehead atoms. The SMILES string of the molecule is CCC(C(=O)c1ccc(OCCCN(CC)CC)cc1)c1ccccc1. The zero-order valence-corrected chi connectivity index (χ0v) is 16.3. The fourth-order valence-corrected chi connectivity index (χ4v) is 3.19. The zero-order valence-electron chi connectivity index (χ0n) is 16.3. The van der Waals surface area contributed by atoms with Gasteiger partial charge in [-0.15, -0.1) is 0 Å². The van der Waals surface area contributed by atoms with Crippen LogP contribution in [0.4, 0.5) is 0 Å². The maximum atomic E-state index is 12.8. The molecule has 3 nitrogen and oxygen atoms in total. The van der Waals surface area contributed by atoms with E-state index in [4.69, 9.17) is 4.74 Å². The highest BCUT2D eigenvalue weighted by atomic mass is 16.5. The first-order valence-corrected chi connectivity index (χ1v) is 9.73. The number of carbonyl (C=O) groups excluding carboxylic acids is 1. The molecule has 0 saturated heterocycles. The van der Waals surface area contributed by atoms with Crippen LogP contribution in [0, 0.1) is 0 Å². The summed E-state index contributed by atoms with van der Waals surface area (Å²) in [6, 6.07) is 17.6. The smallest absolute Gasteiger partial charge is 0.170 e. The number of hydrogen-bond acceptors (Lipinski definition) is 3. The second-order valence-corrected chi connectivity index (χ2v) is 6.49. The van der Waals surface area contributed by atoms with E-state index < -0.39 is 0 Å². The summed E-state index contributed by atoms with van der Waals surface area (Å²) in [6.45, 7) is 10.3.